The summed E-state index contributed by atoms with van der Waals surface area (Å²) in [5.41, 5.74) is 2.10. The molecule has 2 aromatic heterocycles. The summed E-state index contributed by atoms with van der Waals surface area (Å²) in [5.74, 6) is 1.57. The number of aromatic nitrogens is 3. The lowest BCUT2D eigenvalue weighted by Gasteiger charge is -1.97. The van der Waals surface area contributed by atoms with Gasteiger partial charge in [-0.05, 0) is 19.3 Å². The van der Waals surface area contributed by atoms with Crippen LogP contribution in [0.5, 0.6) is 0 Å². The normalized spacial score (nSPS) is 15.2. The third-order valence-electron chi connectivity index (χ3n) is 3.18. The molecule has 3 rings (SSSR count). The molecule has 1 saturated carbocycles. The van der Waals surface area contributed by atoms with E-state index < -0.39 is 0 Å². The summed E-state index contributed by atoms with van der Waals surface area (Å²) in [6.45, 7) is 2.81. The van der Waals surface area contributed by atoms with Crippen molar-refractivity contribution >= 4 is 0 Å². The standard InChI is InChI=1S/C13H18N4O/c1-3-11-10(8-17(2)16-11)12-6-15-13(18-12)7-14-9-4-5-9/h6,8-9,14H,3-5,7H2,1-2H3. The number of hydrogen-bond donors (Lipinski definition) is 1. The van der Waals surface area contributed by atoms with Crippen LogP contribution in [-0.2, 0) is 20.0 Å². The monoisotopic (exact) mass is 246 g/mol. The zero-order chi connectivity index (χ0) is 12.5. The zero-order valence-corrected chi connectivity index (χ0v) is 10.8. The third kappa shape index (κ3) is 2.31. The summed E-state index contributed by atoms with van der Waals surface area (Å²) in [4.78, 5) is 4.31. The maximum Gasteiger partial charge on any atom is 0.208 e. The Balaban J connectivity index is 1.78. The van der Waals surface area contributed by atoms with E-state index in [1.54, 1.807) is 6.20 Å². The van der Waals surface area contributed by atoms with Crippen molar-refractivity contribution in [2.75, 3.05) is 0 Å². The highest BCUT2D eigenvalue weighted by Crippen LogP contribution is 2.24. The highest BCUT2D eigenvalue weighted by Gasteiger charge is 2.21. The smallest absolute Gasteiger partial charge is 0.208 e. The second-order valence-corrected chi connectivity index (χ2v) is 4.79. The van der Waals surface area contributed by atoms with Gasteiger partial charge in [-0.2, -0.15) is 5.10 Å². The summed E-state index contributed by atoms with van der Waals surface area (Å²) in [5, 5.41) is 7.81. The zero-order valence-electron chi connectivity index (χ0n) is 10.8. The van der Waals surface area contributed by atoms with Crippen molar-refractivity contribution in [2.45, 2.75) is 38.8 Å². The van der Waals surface area contributed by atoms with Gasteiger partial charge in [0.05, 0.1) is 24.0 Å². The molecule has 5 heteroatoms. The fraction of sp³-hybridized carbons (Fsp3) is 0.538. The second kappa shape index (κ2) is 4.57. The van der Waals surface area contributed by atoms with E-state index in [0.29, 0.717) is 12.6 Å². The Kier molecular flexibility index (Phi) is 2.91. The Labute approximate surface area is 106 Å². The van der Waals surface area contributed by atoms with Gasteiger partial charge in [0.1, 0.15) is 0 Å². The molecule has 5 nitrogen and oxygen atoms in total. The summed E-state index contributed by atoms with van der Waals surface area (Å²) in [6, 6.07) is 0.671. The highest BCUT2D eigenvalue weighted by atomic mass is 16.4. The molecule has 1 N–H and O–H groups in total. The minimum atomic E-state index is 0.671. The third-order valence-corrected chi connectivity index (χ3v) is 3.18. The van der Waals surface area contributed by atoms with Gasteiger partial charge < -0.3 is 9.73 Å². The van der Waals surface area contributed by atoms with Crippen LogP contribution in [-0.4, -0.2) is 20.8 Å². The molecule has 0 atom stereocenters. The maximum atomic E-state index is 5.78. The molecule has 1 aliphatic carbocycles. The van der Waals surface area contributed by atoms with Crippen LogP contribution in [0.25, 0.3) is 11.3 Å². The lowest BCUT2D eigenvalue weighted by Crippen LogP contribution is -2.15. The minimum Gasteiger partial charge on any atom is -0.439 e. The number of hydrogen-bond acceptors (Lipinski definition) is 4. The first-order chi connectivity index (χ1) is 8.76. The van der Waals surface area contributed by atoms with Gasteiger partial charge in [-0.15, -0.1) is 0 Å². The first kappa shape index (κ1) is 11.5. The first-order valence-electron chi connectivity index (χ1n) is 6.47. The topological polar surface area (TPSA) is 55.9 Å². The molecule has 0 aromatic carbocycles. The van der Waals surface area contributed by atoms with Crippen molar-refractivity contribution in [3.05, 3.63) is 24.0 Å². The number of oxazole rings is 1. The second-order valence-electron chi connectivity index (χ2n) is 4.79. The van der Waals surface area contributed by atoms with Gasteiger partial charge in [-0.3, -0.25) is 4.68 Å². The number of aryl methyl sites for hydroxylation is 2. The van der Waals surface area contributed by atoms with Gasteiger partial charge in [-0.25, -0.2) is 4.98 Å². The van der Waals surface area contributed by atoms with E-state index in [1.807, 2.05) is 17.9 Å². The largest absolute Gasteiger partial charge is 0.439 e. The van der Waals surface area contributed by atoms with Crippen molar-refractivity contribution in [1.82, 2.24) is 20.1 Å². The lowest BCUT2D eigenvalue weighted by atomic mass is 10.2. The fourth-order valence-corrected chi connectivity index (χ4v) is 2.04. The van der Waals surface area contributed by atoms with Crippen molar-refractivity contribution in [2.24, 2.45) is 7.05 Å². The molecule has 2 aromatic rings. The summed E-state index contributed by atoms with van der Waals surface area (Å²) >= 11 is 0. The Hall–Kier alpha value is -1.62. The number of rotatable bonds is 5. The molecule has 0 amide bonds. The van der Waals surface area contributed by atoms with E-state index in [0.717, 1.165) is 29.3 Å². The average Bonchev–Trinajstić information content (AvgIpc) is 2.94. The van der Waals surface area contributed by atoms with Crippen LogP contribution in [0.4, 0.5) is 0 Å². The van der Waals surface area contributed by atoms with Crippen LogP contribution >= 0.6 is 0 Å². The van der Waals surface area contributed by atoms with Crippen molar-refractivity contribution < 1.29 is 4.42 Å². The van der Waals surface area contributed by atoms with Gasteiger partial charge in [0.25, 0.3) is 0 Å². The Morgan fingerprint density at radius 1 is 1.50 bits per heavy atom. The number of nitrogens with one attached hydrogen (secondary N) is 1. The molecule has 1 fully saturated rings. The highest BCUT2D eigenvalue weighted by molar-refractivity contribution is 5.58. The van der Waals surface area contributed by atoms with Crippen LogP contribution in [0.2, 0.25) is 0 Å². The fourth-order valence-electron chi connectivity index (χ4n) is 2.04. The lowest BCUT2D eigenvalue weighted by molar-refractivity contribution is 0.476. The van der Waals surface area contributed by atoms with Crippen molar-refractivity contribution in [3.8, 4) is 11.3 Å². The molecule has 2 heterocycles. The molecular weight excluding hydrogens is 228 g/mol. The summed E-state index contributed by atoms with van der Waals surface area (Å²) in [6.07, 6.45) is 7.22. The van der Waals surface area contributed by atoms with Crippen LogP contribution in [0, 0.1) is 0 Å². The molecule has 0 spiro atoms. The van der Waals surface area contributed by atoms with E-state index >= 15 is 0 Å². The Morgan fingerprint density at radius 2 is 2.33 bits per heavy atom. The number of nitrogens with zero attached hydrogens (tertiary/aromatic N) is 3. The van der Waals surface area contributed by atoms with Crippen LogP contribution < -0.4 is 5.32 Å². The van der Waals surface area contributed by atoms with E-state index in [1.165, 1.54) is 12.8 Å². The SMILES string of the molecule is CCc1nn(C)cc1-c1cnc(CNC2CC2)o1. The first-order valence-corrected chi connectivity index (χ1v) is 6.47. The molecule has 18 heavy (non-hydrogen) atoms. The molecule has 0 saturated heterocycles. The quantitative estimate of drug-likeness (QED) is 0.875. The van der Waals surface area contributed by atoms with Gasteiger partial charge in [-0.1, -0.05) is 6.92 Å². The van der Waals surface area contributed by atoms with Gasteiger partial charge in [0, 0.05) is 19.3 Å². The van der Waals surface area contributed by atoms with Gasteiger partial charge >= 0.3 is 0 Å². The summed E-state index contributed by atoms with van der Waals surface area (Å²) in [7, 11) is 1.93. The van der Waals surface area contributed by atoms with Crippen LogP contribution in [0.1, 0.15) is 31.4 Å². The molecule has 0 unspecified atom stereocenters. The molecular formula is C13H18N4O. The predicted octanol–water partition coefficient (Wildman–Crippen LogP) is 1.89. The average molecular weight is 246 g/mol. The summed E-state index contributed by atoms with van der Waals surface area (Å²) < 4.78 is 7.60. The predicted molar refractivity (Wildman–Crippen MR) is 67.9 cm³/mol. The maximum absolute atomic E-state index is 5.78. The molecule has 0 aliphatic heterocycles. The van der Waals surface area contributed by atoms with Crippen LogP contribution in [0.15, 0.2) is 16.8 Å². The Bertz CT molecular complexity index is 539. The molecule has 96 valence electrons. The molecule has 0 radical (unpaired) electrons. The van der Waals surface area contributed by atoms with Gasteiger partial charge in [0.15, 0.2) is 5.76 Å². The van der Waals surface area contributed by atoms with Crippen LogP contribution in [0.3, 0.4) is 0 Å². The Morgan fingerprint density at radius 3 is 3.06 bits per heavy atom. The molecule has 0 bridgehead atoms. The molecule has 1 aliphatic rings. The van der Waals surface area contributed by atoms with Gasteiger partial charge in [0.2, 0.25) is 5.89 Å². The van der Waals surface area contributed by atoms with E-state index in [2.05, 4.69) is 22.3 Å². The van der Waals surface area contributed by atoms with E-state index in [4.69, 9.17) is 4.42 Å². The minimum absolute atomic E-state index is 0.671. The van der Waals surface area contributed by atoms with E-state index in [-0.39, 0.29) is 0 Å². The van der Waals surface area contributed by atoms with Crippen molar-refractivity contribution in [1.29, 1.82) is 0 Å². The van der Waals surface area contributed by atoms with Crippen molar-refractivity contribution in [3.63, 3.8) is 0 Å². The van der Waals surface area contributed by atoms with E-state index in [9.17, 15) is 0 Å².